The molecule has 0 saturated heterocycles. The molecule has 0 radical (unpaired) electrons. The van der Waals surface area contributed by atoms with Gasteiger partial charge in [-0.2, -0.15) is 0 Å². The van der Waals surface area contributed by atoms with Gasteiger partial charge in [-0.25, -0.2) is 4.39 Å². The van der Waals surface area contributed by atoms with Gasteiger partial charge < -0.3 is 4.90 Å². The van der Waals surface area contributed by atoms with Gasteiger partial charge in [0.2, 0.25) is 12.3 Å². The Kier molecular flexibility index (Phi) is 6.34. The molecule has 0 aliphatic carbocycles. The Labute approximate surface area is 125 Å². The van der Waals surface area contributed by atoms with E-state index in [4.69, 9.17) is 0 Å². The van der Waals surface area contributed by atoms with Crippen LogP contribution >= 0.6 is 0 Å². The number of benzene rings is 1. The van der Waals surface area contributed by atoms with Crippen molar-refractivity contribution in [3.8, 4) is 0 Å². The van der Waals surface area contributed by atoms with E-state index in [9.17, 15) is 14.0 Å². The second-order valence-corrected chi connectivity index (χ2v) is 5.58. The molecule has 0 heterocycles. The molecule has 2 amide bonds. The summed E-state index contributed by atoms with van der Waals surface area (Å²) in [5.41, 5.74) is 1.74. The number of nitrogens with one attached hydrogen (secondary N) is 1. The maximum absolute atomic E-state index is 13.7. The quantitative estimate of drug-likeness (QED) is 0.787. The van der Waals surface area contributed by atoms with Crippen molar-refractivity contribution in [3.05, 3.63) is 29.6 Å². The van der Waals surface area contributed by atoms with E-state index < -0.39 is 0 Å². The second kappa shape index (κ2) is 7.76. The molecule has 0 aliphatic heterocycles. The number of carbonyl (C=O) groups excluding carboxylic acids is 2. The Bertz CT molecular complexity index is 503. The number of hydrogen-bond acceptors (Lipinski definition) is 3. The molecule has 0 fully saturated rings. The Morgan fingerprint density at radius 1 is 1.33 bits per heavy atom. The minimum atomic E-state index is -0.299. The fourth-order valence-corrected chi connectivity index (χ4v) is 2.06. The highest BCUT2D eigenvalue weighted by molar-refractivity contribution is 5.85. The molecule has 1 aromatic rings. The molecule has 0 spiro atoms. The van der Waals surface area contributed by atoms with E-state index in [-0.39, 0.29) is 30.1 Å². The van der Waals surface area contributed by atoms with E-state index in [1.807, 2.05) is 38.8 Å². The fraction of sp³-hybridized carbons (Fsp3) is 0.500. The molecule has 1 aromatic carbocycles. The normalized spacial score (nSPS) is 12.1. The lowest BCUT2D eigenvalue weighted by atomic mass is 10.0. The van der Waals surface area contributed by atoms with E-state index in [0.717, 1.165) is 11.3 Å². The van der Waals surface area contributed by atoms with Crippen molar-refractivity contribution in [1.29, 1.82) is 0 Å². The third kappa shape index (κ3) is 5.17. The van der Waals surface area contributed by atoms with Crippen LogP contribution in [0.15, 0.2) is 18.2 Å². The highest BCUT2D eigenvalue weighted by atomic mass is 19.1. The van der Waals surface area contributed by atoms with Crippen molar-refractivity contribution in [1.82, 2.24) is 5.32 Å². The highest BCUT2D eigenvalue weighted by Crippen LogP contribution is 2.25. The maximum Gasteiger partial charge on any atom is 0.226 e. The van der Waals surface area contributed by atoms with Crippen LogP contribution in [0, 0.1) is 5.82 Å². The number of amides is 2. The van der Waals surface area contributed by atoms with Gasteiger partial charge in [-0.15, -0.1) is 0 Å². The molecule has 5 heteroatoms. The Morgan fingerprint density at radius 3 is 2.57 bits per heavy atom. The minimum absolute atomic E-state index is 0.0595. The number of hydrogen-bond donors (Lipinski definition) is 1. The number of carbonyl (C=O) groups is 2. The van der Waals surface area contributed by atoms with Crippen molar-refractivity contribution in [2.45, 2.75) is 45.6 Å². The molecule has 1 rings (SSSR count). The molecule has 0 saturated carbocycles. The Hall–Kier alpha value is -1.91. The van der Waals surface area contributed by atoms with E-state index in [1.54, 1.807) is 6.07 Å². The van der Waals surface area contributed by atoms with Crippen LogP contribution in [0.5, 0.6) is 0 Å². The Balaban J connectivity index is 2.75. The molecule has 1 atom stereocenters. The van der Waals surface area contributed by atoms with Crippen LogP contribution in [0.2, 0.25) is 0 Å². The number of anilines is 1. The zero-order chi connectivity index (χ0) is 16.0. The molecule has 116 valence electrons. The zero-order valence-corrected chi connectivity index (χ0v) is 13.0. The van der Waals surface area contributed by atoms with Crippen LogP contribution in [-0.4, -0.2) is 25.4 Å². The summed E-state index contributed by atoms with van der Waals surface area (Å²) < 4.78 is 13.7. The third-order valence-electron chi connectivity index (χ3n) is 3.65. The summed E-state index contributed by atoms with van der Waals surface area (Å²) >= 11 is 0. The zero-order valence-electron chi connectivity index (χ0n) is 13.0. The molecule has 21 heavy (non-hydrogen) atoms. The maximum atomic E-state index is 13.7. The summed E-state index contributed by atoms with van der Waals surface area (Å²) in [6, 6.07) is 5.07. The first-order chi connectivity index (χ1) is 9.85. The summed E-state index contributed by atoms with van der Waals surface area (Å²) in [5.74, 6) is -0.303. The van der Waals surface area contributed by atoms with Gasteiger partial charge in [-0.1, -0.05) is 13.8 Å². The number of halogens is 1. The smallest absolute Gasteiger partial charge is 0.226 e. The fourth-order valence-electron chi connectivity index (χ4n) is 2.06. The Morgan fingerprint density at radius 2 is 2.00 bits per heavy atom. The lowest BCUT2D eigenvalue weighted by Crippen LogP contribution is -2.31. The number of imide groups is 1. The lowest BCUT2D eigenvalue weighted by Gasteiger charge is -2.27. The molecule has 1 N–H and O–H groups in total. The van der Waals surface area contributed by atoms with Gasteiger partial charge in [0.05, 0.1) is 0 Å². The summed E-state index contributed by atoms with van der Waals surface area (Å²) in [6.45, 7) is 6.01. The second-order valence-electron chi connectivity index (χ2n) is 5.58. The third-order valence-corrected chi connectivity index (χ3v) is 3.65. The topological polar surface area (TPSA) is 49.4 Å². The first kappa shape index (κ1) is 17.1. The average Bonchev–Trinajstić information content (AvgIpc) is 2.43. The number of rotatable bonds is 7. The highest BCUT2D eigenvalue weighted by Gasteiger charge is 2.14. The first-order valence-corrected chi connectivity index (χ1v) is 7.11. The van der Waals surface area contributed by atoms with E-state index >= 15 is 0 Å². The van der Waals surface area contributed by atoms with Crippen LogP contribution in [0.3, 0.4) is 0 Å². The summed E-state index contributed by atoms with van der Waals surface area (Å²) in [6.07, 6.45) is 1.23. The lowest BCUT2D eigenvalue weighted by molar-refractivity contribution is -0.125. The van der Waals surface area contributed by atoms with Crippen LogP contribution in [-0.2, 0) is 9.59 Å². The van der Waals surface area contributed by atoms with Gasteiger partial charge in [0, 0.05) is 25.2 Å². The van der Waals surface area contributed by atoms with E-state index in [2.05, 4.69) is 5.32 Å². The standard InChI is InChI=1S/C16H23FN2O2/c1-11(2)13-7-14(17)9-15(8-13)19(4)12(3)5-6-16(21)18-10-20/h7-12H,5-6H2,1-4H3,(H,18,20,21). The summed E-state index contributed by atoms with van der Waals surface area (Å²) in [4.78, 5) is 23.4. The molecule has 1 unspecified atom stereocenters. The van der Waals surface area contributed by atoms with Crippen LogP contribution in [0.25, 0.3) is 0 Å². The molecular formula is C16H23FN2O2. The minimum Gasteiger partial charge on any atom is -0.372 e. The van der Waals surface area contributed by atoms with E-state index in [0.29, 0.717) is 12.8 Å². The SMILES string of the molecule is CC(C)c1cc(F)cc(N(C)C(C)CCC(=O)NC=O)c1. The molecule has 0 aromatic heterocycles. The number of nitrogens with zero attached hydrogens (tertiary/aromatic N) is 1. The largest absolute Gasteiger partial charge is 0.372 e. The predicted molar refractivity (Wildman–Crippen MR) is 81.8 cm³/mol. The predicted octanol–water partition coefficient (Wildman–Crippen LogP) is 2.83. The molecule has 0 aliphatic rings. The molecule has 0 bridgehead atoms. The molecular weight excluding hydrogens is 271 g/mol. The average molecular weight is 294 g/mol. The van der Waals surface area contributed by atoms with Crippen molar-refractivity contribution in [3.63, 3.8) is 0 Å². The van der Waals surface area contributed by atoms with Gasteiger partial charge >= 0.3 is 0 Å². The van der Waals surface area contributed by atoms with Crippen molar-refractivity contribution >= 4 is 18.0 Å². The monoisotopic (exact) mass is 294 g/mol. The van der Waals surface area contributed by atoms with Gasteiger partial charge in [0.15, 0.2) is 0 Å². The van der Waals surface area contributed by atoms with Gasteiger partial charge in [0.25, 0.3) is 0 Å². The van der Waals surface area contributed by atoms with Crippen LogP contribution in [0.1, 0.15) is 45.1 Å². The van der Waals surface area contributed by atoms with Crippen molar-refractivity contribution < 1.29 is 14.0 Å². The first-order valence-electron chi connectivity index (χ1n) is 7.11. The van der Waals surface area contributed by atoms with Crippen molar-refractivity contribution in [2.75, 3.05) is 11.9 Å². The van der Waals surface area contributed by atoms with Crippen LogP contribution < -0.4 is 10.2 Å². The summed E-state index contributed by atoms with van der Waals surface area (Å²) in [7, 11) is 1.88. The van der Waals surface area contributed by atoms with Crippen LogP contribution in [0.4, 0.5) is 10.1 Å². The van der Waals surface area contributed by atoms with Gasteiger partial charge in [-0.05, 0) is 43.0 Å². The van der Waals surface area contributed by atoms with Gasteiger partial charge in [-0.3, -0.25) is 14.9 Å². The van der Waals surface area contributed by atoms with Crippen molar-refractivity contribution in [2.24, 2.45) is 0 Å². The van der Waals surface area contributed by atoms with Gasteiger partial charge in [0.1, 0.15) is 5.82 Å². The summed E-state index contributed by atoms with van der Waals surface area (Å²) in [5, 5.41) is 2.11. The molecule has 4 nitrogen and oxygen atoms in total. The van der Waals surface area contributed by atoms with E-state index in [1.165, 1.54) is 6.07 Å².